The fraction of sp³-hybridized carbons (Fsp3) is 0.600. The molecule has 120 valence electrons. The average molecular weight is 302 g/mol. The van der Waals surface area contributed by atoms with Crippen LogP contribution in [0.1, 0.15) is 12.5 Å². The third kappa shape index (κ3) is 5.57. The van der Waals surface area contributed by atoms with E-state index in [0.29, 0.717) is 38.3 Å². The Labute approximate surface area is 124 Å². The molecule has 0 saturated heterocycles. The second kappa shape index (κ2) is 8.92. The second-order valence-corrected chi connectivity index (χ2v) is 5.06. The van der Waals surface area contributed by atoms with Crippen LogP contribution in [0.3, 0.4) is 0 Å². The minimum atomic E-state index is -0.585. The quantitative estimate of drug-likeness (QED) is 0.757. The summed E-state index contributed by atoms with van der Waals surface area (Å²) >= 11 is 0. The van der Waals surface area contributed by atoms with E-state index in [1.165, 1.54) is 12.1 Å². The molecule has 1 atom stereocenters. The van der Waals surface area contributed by atoms with Crippen LogP contribution in [-0.4, -0.2) is 46.6 Å². The van der Waals surface area contributed by atoms with Gasteiger partial charge in [-0.3, -0.25) is 0 Å². The molecule has 1 aromatic rings. The number of nitrogens with two attached hydrogens (primary N) is 1. The Morgan fingerprint density at radius 2 is 1.57 bits per heavy atom. The molecule has 0 heterocycles. The van der Waals surface area contributed by atoms with Crippen LogP contribution in [0.2, 0.25) is 0 Å². The first-order chi connectivity index (χ1) is 9.99. The fourth-order valence-electron chi connectivity index (χ4n) is 2.15. The van der Waals surface area contributed by atoms with E-state index in [1.54, 1.807) is 26.0 Å². The van der Waals surface area contributed by atoms with Crippen molar-refractivity contribution in [3.05, 3.63) is 29.3 Å². The molecule has 0 aromatic heterocycles. The lowest BCUT2D eigenvalue weighted by atomic mass is 10.1. The molecular formula is C15H24F2N2O2. The van der Waals surface area contributed by atoms with Crippen molar-refractivity contribution in [1.82, 2.24) is 0 Å². The van der Waals surface area contributed by atoms with Gasteiger partial charge in [0.2, 0.25) is 0 Å². The van der Waals surface area contributed by atoms with Crippen molar-refractivity contribution in [2.45, 2.75) is 19.4 Å². The predicted molar refractivity (Wildman–Crippen MR) is 79.7 cm³/mol. The van der Waals surface area contributed by atoms with Gasteiger partial charge in [0.15, 0.2) is 0 Å². The Bertz CT molecular complexity index is 411. The Kier molecular flexibility index (Phi) is 7.56. The standard InChI is InChI=1S/C15H24F2N2O2/c1-11(18)8-12-9-13(16)15(14(17)10-12)19(4-6-20-2)5-7-21-3/h9-11H,4-8,18H2,1-3H3. The largest absolute Gasteiger partial charge is 0.383 e. The topological polar surface area (TPSA) is 47.7 Å². The molecule has 0 saturated carbocycles. The summed E-state index contributed by atoms with van der Waals surface area (Å²) in [5.74, 6) is -1.17. The molecule has 0 aliphatic rings. The van der Waals surface area contributed by atoms with Gasteiger partial charge < -0.3 is 20.1 Å². The van der Waals surface area contributed by atoms with Crippen molar-refractivity contribution in [2.24, 2.45) is 5.73 Å². The number of methoxy groups -OCH3 is 2. The van der Waals surface area contributed by atoms with Gasteiger partial charge in [-0.05, 0) is 31.0 Å². The molecule has 21 heavy (non-hydrogen) atoms. The lowest BCUT2D eigenvalue weighted by molar-refractivity contribution is 0.189. The molecule has 1 unspecified atom stereocenters. The summed E-state index contributed by atoms with van der Waals surface area (Å²) in [7, 11) is 3.10. The normalized spacial score (nSPS) is 12.5. The van der Waals surface area contributed by atoms with E-state index in [9.17, 15) is 8.78 Å². The van der Waals surface area contributed by atoms with Crippen LogP contribution in [0.4, 0.5) is 14.5 Å². The molecular weight excluding hydrogens is 278 g/mol. The molecule has 2 N–H and O–H groups in total. The van der Waals surface area contributed by atoms with E-state index in [0.717, 1.165) is 0 Å². The van der Waals surface area contributed by atoms with Crippen LogP contribution < -0.4 is 10.6 Å². The number of rotatable bonds is 9. The highest BCUT2D eigenvalue weighted by atomic mass is 19.1. The molecule has 0 aliphatic heterocycles. The molecule has 1 aromatic carbocycles. The SMILES string of the molecule is COCCN(CCOC)c1c(F)cc(CC(C)N)cc1F. The number of hydrogen-bond acceptors (Lipinski definition) is 4. The van der Waals surface area contributed by atoms with E-state index in [2.05, 4.69) is 0 Å². The van der Waals surface area contributed by atoms with E-state index < -0.39 is 11.6 Å². The Balaban J connectivity index is 3.00. The highest BCUT2D eigenvalue weighted by Crippen LogP contribution is 2.25. The van der Waals surface area contributed by atoms with E-state index in [4.69, 9.17) is 15.2 Å². The minimum absolute atomic E-state index is 0.0440. The lowest BCUT2D eigenvalue weighted by Gasteiger charge is -2.25. The first-order valence-electron chi connectivity index (χ1n) is 6.96. The average Bonchev–Trinajstić information content (AvgIpc) is 2.39. The van der Waals surface area contributed by atoms with Crippen molar-refractivity contribution in [3.8, 4) is 0 Å². The number of benzene rings is 1. The van der Waals surface area contributed by atoms with Gasteiger partial charge in [-0.2, -0.15) is 0 Å². The zero-order valence-electron chi connectivity index (χ0n) is 12.9. The van der Waals surface area contributed by atoms with Gasteiger partial charge in [-0.25, -0.2) is 8.78 Å². The van der Waals surface area contributed by atoms with Gasteiger partial charge in [0, 0.05) is 33.4 Å². The van der Waals surface area contributed by atoms with E-state index >= 15 is 0 Å². The van der Waals surface area contributed by atoms with E-state index in [1.807, 2.05) is 0 Å². The Hall–Kier alpha value is -1.24. The first-order valence-corrected chi connectivity index (χ1v) is 6.96. The zero-order chi connectivity index (χ0) is 15.8. The summed E-state index contributed by atoms with van der Waals surface area (Å²) in [6.45, 7) is 3.34. The van der Waals surface area contributed by atoms with Crippen molar-refractivity contribution in [3.63, 3.8) is 0 Å². The van der Waals surface area contributed by atoms with Crippen LogP contribution >= 0.6 is 0 Å². The van der Waals surface area contributed by atoms with Crippen LogP contribution in [-0.2, 0) is 15.9 Å². The van der Waals surface area contributed by atoms with Crippen LogP contribution in [0.25, 0.3) is 0 Å². The van der Waals surface area contributed by atoms with Gasteiger partial charge in [-0.1, -0.05) is 0 Å². The monoisotopic (exact) mass is 302 g/mol. The van der Waals surface area contributed by atoms with Crippen LogP contribution in [0.5, 0.6) is 0 Å². The Morgan fingerprint density at radius 3 is 1.95 bits per heavy atom. The number of ether oxygens (including phenoxy) is 2. The summed E-state index contributed by atoms with van der Waals surface area (Å²) in [5.41, 5.74) is 6.18. The molecule has 4 nitrogen and oxygen atoms in total. The molecule has 0 aliphatic carbocycles. The summed E-state index contributed by atoms with van der Waals surface area (Å²) in [4.78, 5) is 1.59. The van der Waals surface area contributed by atoms with Gasteiger partial charge in [0.05, 0.1) is 13.2 Å². The molecule has 0 amide bonds. The van der Waals surface area contributed by atoms with Crippen molar-refractivity contribution >= 4 is 5.69 Å². The third-order valence-corrected chi connectivity index (χ3v) is 3.08. The molecule has 0 radical (unpaired) electrons. The second-order valence-electron chi connectivity index (χ2n) is 5.06. The molecule has 0 spiro atoms. The molecule has 0 fully saturated rings. The first kappa shape index (κ1) is 17.8. The summed E-state index contributed by atoms with van der Waals surface area (Å²) in [6, 6.07) is 2.54. The summed E-state index contributed by atoms with van der Waals surface area (Å²) < 4.78 is 38.5. The molecule has 6 heteroatoms. The summed E-state index contributed by atoms with van der Waals surface area (Å²) in [5, 5.41) is 0. The maximum Gasteiger partial charge on any atom is 0.149 e. The number of anilines is 1. The van der Waals surface area contributed by atoms with Gasteiger partial charge >= 0.3 is 0 Å². The van der Waals surface area contributed by atoms with E-state index in [-0.39, 0.29) is 11.7 Å². The highest BCUT2D eigenvalue weighted by Gasteiger charge is 2.18. The smallest absolute Gasteiger partial charge is 0.149 e. The Morgan fingerprint density at radius 1 is 1.10 bits per heavy atom. The number of hydrogen-bond donors (Lipinski definition) is 1. The maximum absolute atomic E-state index is 14.3. The van der Waals surface area contributed by atoms with Crippen molar-refractivity contribution in [1.29, 1.82) is 0 Å². The van der Waals surface area contributed by atoms with Crippen molar-refractivity contribution < 1.29 is 18.3 Å². The zero-order valence-corrected chi connectivity index (χ0v) is 12.9. The summed E-state index contributed by atoms with van der Waals surface area (Å²) in [6.07, 6.45) is 0.435. The van der Waals surface area contributed by atoms with Gasteiger partial charge in [0.1, 0.15) is 17.3 Å². The van der Waals surface area contributed by atoms with Gasteiger partial charge in [-0.15, -0.1) is 0 Å². The van der Waals surface area contributed by atoms with Gasteiger partial charge in [0.25, 0.3) is 0 Å². The lowest BCUT2D eigenvalue weighted by Crippen LogP contribution is -2.32. The minimum Gasteiger partial charge on any atom is -0.383 e. The van der Waals surface area contributed by atoms with Crippen LogP contribution in [0, 0.1) is 11.6 Å². The van der Waals surface area contributed by atoms with Crippen molar-refractivity contribution in [2.75, 3.05) is 45.4 Å². The molecule has 0 bridgehead atoms. The fourth-order valence-corrected chi connectivity index (χ4v) is 2.15. The highest BCUT2D eigenvalue weighted by molar-refractivity contribution is 5.51. The number of nitrogens with zero attached hydrogens (tertiary/aromatic N) is 1. The predicted octanol–water partition coefficient (Wildman–Crippen LogP) is 1.95. The number of halogens is 2. The maximum atomic E-state index is 14.3. The molecule has 1 rings (SSSR count). The van der Waals surface area contributed by atoms with Crippen LogP contribution in [0.15, 0.2) is 12.1 Å². The third-order valence-electron chi connectivity index (χ3n) is 3.08.